The molecule has 7 heteroatoms. The van der Waals surface area contributed by atoms with Crippen LogP contribution < -0.4 is 9.64 Å². The van der Waals surface area contributed by atoms with E-state index in [0.29, 0.717) is 12.3 Å². The summed E-state index contributed by atoms with van der Waals surface area (Å²) in [7, 11) is 0. The van der Waals surface area contributed by atoms with Crippen LogP contribution in [-0.2, 0) is 22.5 Å². The summed E-state index contributed by atoms with van der Waals surface area (Å²) in [6.07, 6.45) is 1.29. The van der Waals surface area contributed by atoms with Crippen molar-refractivity contribution in [2.45, 2.75) is 26.3 Å². The molecule has 2 aromatic carbocycles. The van der Waals surface area contributed by atoms with Gasteiger partial charge in [-0.15, -0.1) is 11.3 Å². The quantitative estimate of drug-likeness (QED) is 0.417. The summed E-state index contributed by atoms with van der Waals surface area (Å²) >= 11 is 1.62. The molecular formula is C27H28N3O3S+. The molecule has 0 amide bonds. The summed E-state index contributed by atoms with van der Waals surface area (Å²) in [5.74, 6) is 2.30. The molecule has 0 aliphatic carbocycles. The predicted molar refractivity (Wildman–Crippen MR) is 134 cm³/mol. The number of ketones is 1. The minimum atomic E-state index is 0.199. The third-order valence-corrected chi connectivity index (χ3v) is 6.92. The summed E-state index contributed by atoms with van der Waals surface area (Å²) in [6, 6.07) is 18.2. The molecule has 4 aromatic rings. The molecule has 5 rings (SSSR count). The van der Waals surface area contributed by atoms with Gasteiger partial charge in [0.1, 0.15) is 36.0 Å². The second-order valence-corrected chi connectivity index (χ2v) is 9.49. The first-order valence-electron chi connectivity index (χ1n) is 11.7. The molecule has 0 radical (unpaired) electrons. The fourth-order valence-corrected chi connectivity index (χ4v) is 5.11. The number of nitrogens with one attached hydrogen (secondary N) is 1. The van der Waals surface area contributed by atoms with E-state index in [1.807, 2.05) is 42.5 Å². The molecular weight excluding hydrogens is 446 g/mol. The topological polar surface area (TPSA) is 65.8 Å². The summed E-state index contributed by atoms with van der Waals surface area (Å²) in [5.41, 5.74) is 3.32. The van der Waals surface area contributed by atoms with E-state index in [1.54, 1.807) is 18.3 Å². The van der Waals surface area contributed by atoms with Crippen molar-refractivity contribution < 1.29 is 19.2 Å². The molecule has 1 aliphatic rings. The Morgan fingerprint density at radius 1 is 1.06 bits per heavy atom. The zero-order chi connectivity index (χ0) is 23.3. The monoisotopic (exact) mass is 474 g/mol. The van der Waals surface area contributed by atoms with Gasteiger partial charge in [-0.2, -0.15) is 4.98 Å². The zero-order valence-electron chi connectivity index (χ0n) is 19.3. The standard InChI is InChI=1S/C27H27N3O3S/c1-19(31)7-8-20-9-11-22(12-10-20)33-26-25-23(21-5-3-2-4-6-21)18-34-27(25)29-24(28-26)17-30-13-15-32-16-14-30/h2-6,9-12,18H,7-8,13-17H2,1H3/p+1. The molecule has 0 bridgehead atoms. The molecule has 0 atom stereocenters. The van der Waals surface area contributed by atoms with Crippen LogP contribution in [0.3, 0.4) is 0 Å². The smallest absolute Gasteiger partial charge is 0.232 e. The number of quaternary nitrogens is 1. The number of carbonyl (C=O) groups is 1. The number of thiophene rings is 1. The molecule has 1 N–H and O–H groups in total. The van der Waals surface area contributed by atoms with Crippen LogP contribution in [0.5, 0.6) is 11.6 Å². The lowest BCUT2D eigenvalue weighted by Crippen LogP contribution is -3.12. The number of ether oxygens (including phenoxy) is 2. The number of hydrogen-bond acceptors (Lipinski definition) is 6. The van der Waals surface area contributed by atoms with Gasteiger partial charge in [-0.3, -0.25) is 0 Å². The number of aromatic nitrogens is 2. The Morgan fingerprint density at radius 2 is 1.82 bits per heavy atom. The van der Waals surface area contributed by atoms with Crippen molar-refractivity contribution in [3.63, 3.8) is 0 Å². The van der Waals surface area contributed by atoms with E-state index >= 15 is 0 Å². The molecule has 0 spiro atoms. The number of rotatable bonds is 8. The van der Waals surface area contributed by atoms with Crippen molar-refractivity contribution in [1.29, 1.82) is 0 Å². The molecule has 1 fully saturated rings. The summed E-state index contributed by atoms with van der Waals surface area (Å²) < 4.78 is 11.9. The summed E-state index contributed by atoms with van der Waals surface area (Å²) in [5, 5.41) is 3.08. The van der Waals surface area contributed by atoms with Gasteiger partial charge < -0.3 is 19.2 Å². The van der Waals surface area contributed by atoms with Gasteiger partial charge in [-0.1, -0.05) is 42.5 Å². The fraction of sp³-hybridized carbons (Fsp3) is 0.296. The van der Waals surface area contributed by atoms with Crippen molar-refractivity contribution in [3.8, 4) is 22.8 Å². The van der Waals surface area contributed by atoms with Crippen LogP contribution in [-0.4, -0.2) is 42.1 Å². The molecule has 0 unspecified atom stereocenters. The van der Waals surface area contributed by atoms with Crippen LogP contribution in [0.2, 0.25) is 0 Å². The van der Waals surface area contributed by atoms with Gasteiger partial charge in [0.05, 0.1) is 18.6 Å². The molecule has 0 saturated carbocycles. The second kappa shape index (κ2) is 10.4. The van der Waals surface area contributed by atoms with Gasteiger partial charge in [-0.05, 0) is 36.6 Å². The highest BCUT2D eigenvalue weighted by molar-refractivity contribution is 7.17. The summed E-state index contributed by atoms with van der Waals surface area (Å²) in [6.45, 7) is 5.83. The van der Waals surface area contributed by atoms with E-state index < -0.39 is 0 Å². The van der Waals surface area contributed by atoms with E-state index in [9.17, 15) is 4.79 Å². The van der Waals surface area contributed by atoms with Crippen molar-refractivity contribution in [2.24, 2.45) is 0 Å². The van der Waals surface area contributed by atoms with E-state index in [2.05, 4.69) is 17.5 Å². The Kier molecular flexibility index (Phi) is 6.94. The molecule has 6 nitrogen and oxygen atoms in total. The van der Waals surface area contributed by atoms with Crippen molar-refractivity contribution >= 4 is 27.3 Å². The molecule has 3 heterocycles. The van der Waals surface area contributed by atoms with E-state index in [4.69, 9.17) is 19.4 Å². The predicted octanol–water partition coefficient (Wildman–Crippen LogP) is 4.09. The van der Waals surface area contributed by atoms with Crippen LogP contribution in [0.15, 0.2) is 60.0 Å². The Morgan fingerprint density at radius 3 is 2.56 bits per heavy atom. The first kappa shape index (κ1) is 22.7. The largest absolute Gasteiger partial charge is 0.438 e. The van der Waals surface area contributed by atoms with Crippen LogP contribution in [0, 0.1) is 0 Å². The average Bonchev–Trinajstić information content (AvgIpc) is 3.29. The van der Waals surface area contributed by atoms with E-state index in [1.165, 1.54) is 4.90 Å². The number of aryl methyl sites for hydroxylation is 1. The first-order chi connectivity index (χ1) is 16.7. The number of benzene rings is 2. The Balaban J connectivity index is 1.49. The van der Waals surface area contributed by atoms with Crippen molar-refractivity contribution in [1.82, 2.24) is 9.97 Å². The maximum Gasteiger partial charge on any atom is 0.232 e. The molecule has 34 heavy (non-hydrogen) atoms. The zero-order valence-corrected chi connectivity index (χ0v) is 20.1. The highest BCUT2D eigenvalue weighted by Crippen LogP contribution is 2.39. The minimum absolute atomic E-state index is 0.199. The molecule has 2 aromatic heterocycles. The lowest BCUT2D eigenvalue weighted by Gasteiger charge is -2.23. The van der Waals surface area contributed by atoms with Crippen LogP contribution in [0.1, 0.15) is 24.7 Å². The number of hydrogen-bond donors (Lipinski definition) is 1. The lowest BCUT2D eigenvalue weighted by atomic mass is 10.1. The van der Waals surface area contributed by atoms with Gasteiger partial charge in [0.2, 0.25) is 5.88 Å². The van der Waals surface area contributed by atoms with Crippen LogP contribution in [0.25, 0.3) is 21.3 Å². The van der Waals surface area contributed by atoms with Gasteiger partial charge >= 0.3 is 0 Å². The van der Waals surface area contributed by atoms with Crippen molar-refractivity contribution in [3.05, 3.63) is 71.4 Å². The minimum Gasteiger partial charge on any atom is -0.438 e. The average molecular weight is 475 g/mol. The number of morpholine rings is 1. The lowest BCUT2D eigenvalue weighted by molar-refractivity contribution is -0.922. The Labute approximate surface area is 203 Å². The SMILES string of the molecule is CC(=O)CCc1ccc(Oc2nc(C[NH+]3CCOCC3)nc3scc(-c4ccccc4)c23)cc1. The molecule has 1 saturated heterocycles. The number of fused-ring (bicyclic) bond motifs is 1. The molecule has 174 valence electrons. The number of Topliss-reactive ketones (excluding diaryl/α,β-unsaturated/α-hetero) is 1. The highest BCUT2D eigenvalue weighted by Gasteiger charge is 2.21. The van der Waals surface area contributed by atoms with Gasteiger partial charge in [0.25, 0.3) is 0 Å². The number of carbonyl (C=O) groups excluding carboxylic acids is 1. The summed E-state index contributed by atoms with van der Waals surface area (Å²) in [4.78, 5) is 23.5. The Hall–Kier alpha value is -3.13. The van der Waals surface area contributed by atoms with E-state index in [-0.39, 0.29) is 5.78 Å². The molecule has 1 aliphatic heterocycles. The van der Waals surface area contributed by atoms with Crippen molar-refractivity contribution in [2.75, 3.05) is 26.3 Å². The van der Waals surface area contributed by atoms with Gasteiger partial charge in [0.15, 0.2) is 5.82 Å². The third kappa shape index (κ3) is 5.33. The van der Waals surface area contributed by atoms with Gasteiger partial charge in [-0.25, -0.2) is 4.98 Å². The Bertz CT molecular complexity index is 1270. The third-order valence-electron chi connectivity index (χ3n) is 6.04. The van der Waals surface area contributed by atoms with Crippen LogP contribution >= 0.6 is 11.3 Å². The van der Waals surface area contributed by atoms with E-state index in [0.717, 1.165) is 77.7 Å². The second-order valence-electron chi connectivity index (χ2n) is 8.63. The number of nitrogens with zero attached hydrogens (tertiary/aromatic N) is 2. The highest BCUT2D eigenvalue weighted by atomic mass is 32.1. The van der Waals surface area contributed by atoms with Gasteiger partial charge in [0, 0.05) is 17.4 Å². The maximum absolute atomic E-state index is 11.3. The van der Waals surface area contributed by atoms with Crippen LogP contribution in [0.4, 0.5) is 0 Å². The maximum atomic E-state index is 11.3. The normalized spacial score (nSPS) is 14.4. The fourth-order valence-electron chi connectivity index (χ4n) is 4.15. The first-order valence-corrected chi connectivity index (χ1v) is 12.5.